The lowest BCUT2D eigenvalue weighted by molar-refractivity contribution is -0.686. The van der Waals surface area contributed by atoms with Crippen LogP contribution in [0.1, 0.15) is 11.1 Å². The average Bonchev–Trinajstić information content (AvgIpc) is 2.48. The highest BCUT2D eigenvalue weighted by Gasteiger charge is 2.03. The summed E-state index contributed by atoms with van der Waals surface area (Å²) in [6.45, 7) is 1.93. The van der Waals surface area contributed by atoms with Gasteiger partial charge >= 0.3 is 0 Å². The van der Waals surface area contributed by atoms with E-state index in [1.807, 2.05) is 12.1 Å². The van der Waals surface area contributed by atoms with Crippen molar-refractivity contribution in [2.75, 3.05) is 13.4 Å². The van der Waals surface area contributed by atoms with Crippen molar-refractivity contribution in [3.63, 3.8) is 0 Å². The first kappa shape index (κ1) is 14.0. The molecule has 0 amide bonds. The fourth-order valence-electron chi connectivity index (χ4n) is 2.03. The van der Waals surface area contributed by atoms with Crippen LogP contribution in [0.5, 0.6) is 5.75 Å². The van der Waals surface area contributed by atoms with Gasteiger partial charge in [0.05, 0.1) is 7.11 Å². The first-order chi connectivity index (χ1) is 9.33. The molecule has 2 nitrogen and oxygen atoms in total. The number of nitrogens with two attached hydrogens (primary N) is 1. The maximum atomic E-state index is 5.36. The molecule has 0 fully saturated rings. The Morgan fingerprint density at radius 3 is 2.42 bits per heavy atom. The summed E-state index contributed by atoms with van der Waals surface area (Å²) in [7, 11) is 1.72. The summed E-state index contributed by atoms with van der Waals surface area (Å²) in [6, 6.07) is 16.9. The normalized spacial score (nSPS) is 10.4. The minimum atomic E-state index is 0.939. The molecule has 2 rings (SSSR count). The Morgan fingerprint density at radius 1 is 1.00 bits per heavy atom. The monoisotopic (exact) mass is 274 g/mol. The Kier molecular flexibility index (Phi) is 5.31. The number of quaternary nitrogens is 1. The van der Waals surface area contributed by atoms with Gasteiger partial charge < -0.3 is 10.1 Å². The van der Waals surface area contributed by atoms with E-state index in [1.54, 1.807) is 18.9 Å². The first-order valence-electron chi connectivity index (χ1n) is 6.40. The third kappa shape index (κ3) is 4.01. The van der Waals surface area contributed by atoms with E-state index in [4.69, 9.17) is 4.74 Å². The van der Waals surface area contributed by atoms with Gasteiger partial charge in [-0.2, -0.15) is 0 Å². The topological polar surface area (TPSA) is 25.8 Å². The molecule has 19 heavy (non-hydrogen) atoms. The third-order valence-electron chi connectivity index (χ3n) is 3.10. The molecule has 100 valence electrons. The van der Waals surface area contributed by atoms with E-state index in [-0.39, 0.29) is 0 Å². The lowest BCUT2D eigenvalue weighted by Crippen LogP contribution is -2.80. The van der Waals surface area contributed by atoms with Crippen LogP contribution in [0.3, 0.4) is 0 Å². The van der Waals surface area contributed by atoms with Crippen molar-refractivity contribution in [2.24, 2.45) is 0 Å². The van der Waals surface area contributed by atoms with Gasteiger partial charge in [-0.1, -0.05) is 24.3 Å². The molecule has 0 saturated carbocycles. The summed E-state index contributed by atoms with van der Waals surface area (Å²) < 4.78 is 5.36. The molecule has 0 atom stereocenters. The van der Waals surface area contributed by atoms with Crippen molar-refractivity contribution in [1.82, 2.24) is 0 Å². The number of methoxy groups -OCH3 is 1. The minimum absolute atomic E-state index is 0.939. The van der Waals surface area contributed by atoms with Crippen LogP contribution in [0.4, 0.5) is 0 Å². The molecule has 0 unspecified atom stereocenters. The van der Waals surface area contributed by atoms with Crippen LogP contribution >= 0.6 is 11.8 Å². The summed E-state index contributed by atoms with van der Waals surface area (Å²) in [4.78, 5) is 1.31. The van der Waals surface area contributed by atoms with Gasteiger partial charge in [-0.25, -0.2) is 0 Å². The number of benzene rings is 2. The van der Waals surface area contributed by atoms with Gasteiger partial charge in [-0.3, -0.25) is 0 Å². The first-order valence-corrected chi connectivity index (χ1v) is 7.62. The Hall–Kier alpha value is -1.45. The van der Waals surface area contributed by atoms with E-state index >= 15 is 0 Å². The van der Waals surface area contributed by atoms with Crippen LogP contribution in [-0.4, -0.2) is 13.4 Å². The molecule has 0 radical (unpaired) electrons. The fourth-order valence-corrected chi connectivity index (χ4v) is 2.44. The highest BCUT2D eigenvalue weighted by molar-refractivity contribution is 7.98. The molecule has 2 aromatic rings. The molecule has 0 spiro atoms. The summed E-state index contributed by atoms with van der Waals surface area (Å²) in [5, 5.41) is 2.30. The lowest BCUT2D eigenvalue weighted by Gasteiger charge is -2.07. The van der Waals surface area contributed by atoms with Gasteiger partial charge in [0.2, 0.25) is 0 Å². The zero-order valence-electron chi connectivity index (χ0n) is 11.4. The summed E-state index contributed by atoms with van der Waals surface area (Å²) in [5.41, 5.74) is 2.60. The van der Waals surface area contributed by atoms with Crippen LogP contribution in [0.2, 0.25) is 0 Å². The predicted octanol–water partition coefficient (Wildman–Crippen LogP) is 2.68. The molecular weight excluding hydrogens is 254 g/mol. The molecular formula is C16H20NOS+. The van der Waals surface area contributed by atoms with Gasteiger partial charge in [0.25, 0.3) is 0 Å². The van der Waals surface area contributed by atoms with Gasteiger partial charge in [-0.05, 0) is 30.5 Å². The van der Waals surface area contributed by atoms with Crippen LogP contribution < -0.4 is 10.1 Å². The second-order valence-electron chi connectivity index (χ2n) is 4.36. The predicted molar refractivity (Wildman–Crippen MR) is 80.6 cm³/mol. The molecule has 0 saturated heterocycles. The van der Waals surface area contributed by atoms with Crippen LogP contribution in [0.25, 0.3) is 0 Å². The van der Waals surface area contributed by atoms with E-state index in [0.717, 1.165) is 18.8 Å². The molecule has 0 aliphatic carbocycles. The smallest absolute Gasteiger partial charge is 0.127 e. The van der Waals surface area contributed by atoms with Crippen molar-refractivity contribution in [1.29, 1.82) is 0 Å². The van der Waals surface area contributed by atoms with Crippen LogP contribution in [0, 0.1) is 0 Å². The van der Waals surface area contributed by atoms with Gasteiger partial charge in [0.15, 0.2) is 0 Å². The largest absolute Gasteiger partial charge is 0.496 e. The summed E-state index contributed by atoms with van der Waals surface area (Å²) in [5.74, 6) is 0.969. The number of rotatable bonds is 6. The average molecular weight is 274 g/mol. The van der Waals surface area contributed by atoms with Gasteiger partial charge in [0, 0.05) is 16.0 Å². The molecule has 2 aromatic carbocycles. The molecule has 0 aliphatic heterocycles. The van der Waals surface area contributed by atoms with E-state index < -0.39 is 0 Å². The lowest BCUT2D eigenvalue weighted by atomic mass is 10.2. The second-order valence-corrected chi connectivity index (χ2v) is 5.24. The van der Waals surface area contributed by atoms with E-state index in [0.29, 0.717) is 0 Å². The fraction of sp³-hybridized carbons (Fsp3) is 0.250. The zero-order valence-corrected chi connectivity index (χ0v) is 12.2. The maximum absolute atomic E-state index is 5.36. The summed E-state index contributed by atoms with van der Waals surface area (Å²) >= 11 is 1.78. The second kappa shape index (κ2) is 7.22. The third-order valence-corrected chi connectivity index (χ3v) is 3.84. The number of ether oxygens (including phenoxy) is 1. The van der Waals surface area contributed by atoms with E-state index in [9.17, 15) is 0 Å². The molecule has 0 heterocycles. The summed E-state index contributed by atoms with van der Waals surface area (Å²) in [6.07, 6.45) is 2.10. The number of hydrogen-bond donors (Lipinski definition) is 1. The van der Waals surface area contributed by atoms with Crippen molar-refractivity contribution in [3.05, 3.63) is 59.7 Å². The van der Waals surface area contributed by atoms with E-state index in [2.05, 4.69) is 48.0 Å². The Labute approximate surface area is 119 Å². The van der Waals surface area contributed by atoms with Crippen LogP contribution in [-0.2, 0) is 13.1 Å². The van der Waals surface area contributed by atoms with Crippen molar-refractivity contribution < 1.29 is 10.1 Å². The molecule has 0 aliphatic rings. The number of hydrogen-bond acceptors (Lipinski definition) is 2. The van der Waals surface area contributed by atoms with Crippen molar-refractivity contribution in [2.45, 2.75) is 18.0 Å². The minimum Gasteiger partial charge on any atom is -0.496 e. The highest BCUT2D eigenvalue weighted by Crippen LogP contribution is 2.16. The van der Waals surface area contributed by atoms with E-state index in [1.165, 1.54) is 16.0 Å². The Balaban J connectivity index is 1.88. The number of para-hydroxylation sites is 1. The quantitative estimate of drug-likeness (QED) is 0.820. The Bertz CT molecular complexity index is 510. The zero-order chi connectivity index (χ0) is 13.5. The Morgan fingerprint density at radius 2 is 1.74 bits per heavy atom. The maximum Gasteiger partial charge on any atom is 0.127 e. The highest BCUT2D eigenvalue weighted by atomic mass is 32.2. The van der Waals surface area contributed by atoms with Gasteiger partial charge in [-0.15, -0.1) is 11.8 Å². The number of thioether (sulfide) groups is 1. The van der Waals surface area contributed by atoms with Gasteiger partial charge in [0.1, 0.15) is 18.8 Å². The van der Waals surface area contributed by atoms with Crippen molar-refractivity contribution >= 4 is 11.8 Å². The standard InChI is InChI=1S/C16H19NOS/c1-18-16-6-4-3-5-14(16)12-17-11-13-7-9-15(19-2)10-8-13/h3-10,17H,11-12H2,1-2H3/p+1. The SMILES string of the molecule is COc1ccccc1C[NH2+]Cc1ccc(SC)cc1. The molecule has 3 heteroatoms. The van der Waals surface area contributed by atoms with Crippen molar-refractivity contribution in [3.8, 4) is 5.75 Å². The molecule has 2 N–H and O–H groups in total. The van der Waals surface area contributed by atoms with Crippen LogP contribution in [0.15, 0.2) is 53.4 Å². The molecule has 0 aromatic heterocycles. The molecule has 0 bridgehead atoms.